The minimum atomic E-state index is -0.0880. The van der Waals surface area contributed by atoms with Gasteiger partial charge in [-0.3, -0.25) is 4.79 Å². The zero-order chi connectivity index (χ0) is 6.41. The molecule has 9 heavy (non-hydrogen) atoms. The number of hydrogen-bond acceptors (Lipinski definition) is 2. The van der Waals surface area contributed by atoms with Crippen LogP contribution in [0.3, 0.4) is 0 Å². The molecule has 0 unspecified atom stereocenters. The van der Waals surface area contributed by atoms with E-state index >= 15 is 0 Å². The second-order valence-electron chi connectivity index (χ2n) is 1.56. The minimum absolute atomic E-state index is 0. The maximum atomic E-state index is 10.4. The third-order valence-corrected chi connectivity index (χ3v) is 0.759. The summed E-state index contributed by atoms with van der Waals surface area (Å²) in [6.07, 6.45) is 1.42. The van der Waals surface area contributed by atoms with E-state index < -0.39 is 0 Å². The predicted molar refractivity (Wildman–Crippen MR) is 41.5 cm³/mol. The van der Waals surface area contributed by atoms with E-state index in [1.54, 1.807) is 0 Å². The molecule has 0 N–H and O–H groups in total. The van der Waals surface area contributed by atoms with Crippen LogP contribution in [0, 0.1) is 0 Å². The van der Waals surface area contributed by atoms with Gasteiger partial charge in [0.25, 0.3) is 0 Å². The van der Waals surface area contributed by atoms with Gasteiger partial charge in [-0.15, -0.1) is 0 Å². The molecule has 0 atom stereocenters. The van der Waals surface area contributed by atoms with Gasteiger partial charge >= 0.3 is 31.8 Å². The molecule has 0 heterocycles. The summed E-state index contributed by atoms with van der Waals surface area (Å²) < 4.78 is 4.64. The van der Waals surface area contributed by atoms with Crippen molar-refractivity contribution < 1.29 is 9.53 Å². The summed E-state index contributed by atoms with van der Waals surface area (Å²) in [4.78, 5) is 10.4. The van der Waals surface area contributed by atoms with Crippen LogP contribution in [0.2, 0.25) is 0 Å². The monoisotopic (exact) mass is 234 g/mol. The van der Waals surface area contributed by atoms with Gasteiger partial charge in [-0.2, -0.15) is 0 Å². The molecule has 0 rings (SSSR count). The van der Waals surface area contributed by atoms with Crippen LogP contribution in [0.5, 0.6) is 0 Å². The molecule has 0 amide bonds. The van der Waals surface area contributed by atoms with Crippen molar-refractivity contribution in [3.8, 4) is 0 Å². The Morgan fingerprint density at radius 2 is 2.00 bits per heavy atom. The van der Waals surface area contributed by atoms with E-state index in [1.165, 1.54) is 0 Å². The van der Waals surface area contributed by atoms with E-state index in [1.807, 2.05) is 13.8 Å². The van der Waals surface area contributed by atoms with Gasteiger partial charge in [-0.05, 0) is 13.3 Å². The number of carbonyl (C=O) groups is 1. The molecule has 0 aromatic rings. The Bertz CT molecular complexity index is 65.5. The van der Waals surface area contributed by atoms with Gasteiger partial charge in [-0.25, -0.2) is 0 Å². The first-order valence-corrected chi connectivity index (χ1v) is 2.96. The summed E-state index contributed by atoms with van der Waals surface area (Å²) in [7, 11) is 0. The van der Waals surface area contributed by atoms with Crippen LogP contribution in [-0.2, 0) is 9.53 Å². The fourth-order valence-corrected chi connectivity index (χ4v) is 0.437. The number of rotatable bonds is 3. The molecule has 0 aromatic heterocycles. The summed E-state index contributed by atoms with van der Waals surface area (Å²) in [5.74, 6) is -0.0880. The zero-order valence-electron chi connectivity index (χ0n) is 5.44. The van der Waals surface area contributed by atoms with Gasteiger partial charge < -0.3 is 4.74 Å². The average Bonchev–Trinajstić information content (AvgIpc) is 1.68. The molecular weight excluding hydrogens is 219 g/mol. The first kappa shape index (κ1) is 12.1. The van der Waals surface area contributed by atoms with Crippen LogP contribution in [0.1, 0.15) is 26.7 Å². The normalized spacial score (nSPS) is 7.78. The van der Waals surface area contributed by atoms with Crippen molar-refractivity contribution in [3.05, 3.63) is 0 Å². The zero-order valence-corrected chi connectivity index (χ0v) is 5.44. The Hall–Kier alpha value is 0.340. The SMILES string of the molecule is CCCC(=O)OCC.[InH3]. The molecular formula is C6H15InO2. The van der Waals surface area contributed by atoms with Crippen molar-refractivity contribution >= 4 is 31.8 Å². The third kappa shape index (κ3) is 8.34. The Balaban J connectivity index is 0. The Kier molecular flexibility index (Phi) is 11.2. The topological polar surface area (TPSA) is 26.3 Å². The molecule has 0 saturated heterocycles. The summed E-state index contributed by atoms with van der Waals surface area (Å²) in [6.45, 7) is 4.27. The fraction of sp³-hybridized carbons (Fsp3) is 0.833. The van der Waals surface area contributed by atoms with E-state index in [0.717, 1.165) is 6.42 Å². The second kappa shape index (κ2) is 8.34. The van der Waals surface area contributed by atoms with E-state index in [0.29, 0.717) is 13.0 Å². The summed E-state index contributed by atoms with van der Waals surface area (Å²) >= 11 is 0. The molecule has 0 spiro atoms. The summed E-state index contributed by atoms with van der Waals surface area (Å²) in [5.41, 5.74) is 0. The van der Waals surface area contributed by atoms with Crippen LogP contribution in [0.15, 0.2) is 0 Å². The first-order valence-electron chi connectivity index (χ1n) is 2.96. The summed E-state index contributed by atoms with van der Waals surface area (Å²) in [5, 5.41) is 0. The van der Waals surface area contributed by atoms with Gasteiger partial charge in [0.1, 0.15) is 0 Å². The van der Waals surface area contributed by atoms with Crippen molar-refractivity contribution in [1.29, 1.82) is 0 Å². The van der Waals surface area contributed by atoms with E-state index in [4.69, 9.17) is 0 Å². The molecule has 0 fully saturated rings. The Morgan fingerprint density at radius 3 is 2.33 bits per heavy atom. The van der Waals surface area contributed by atoms with Gasteiger partial charge in [-0.1, -0.05) is 6.92 Å². The van der Waals surface area contributed by atoms with E-state index in [2.05, 4.69) is 4.74 Å². The molecule has 0 radical (unpaired) electrons. The number of esters is 1. The number of carbonyl (C=O) groups excluding carboxylic acids is 1. The molecule has 54 valence electrons. The van der Waals surface area contributed by atoms with Crippen LogP contribution < -0.4 is 0 Å². The van der Waals surface area contributed by atoms with Gasteiger partial charge in [0, 0.05) is 6.42 Å². The quantitative estimate of drug-likeness (QED) is 0.650. The van der Waals surface area contributed by atoms with Crippen LogP contribution in [0.4, 0.5) is 0 Å². The van der Waals surface area contributed by atoms with E-state index in [-0.39, 0.29) is 31.8 Å². The molecule has 0 aromatic carbocycles. The predicted octanol–water partition coefficient (Wildman–Crippen LogP) is 0.166. The standard InChI is InChI=1S/C6H12O2.In.3H/c1-3-5-6(7)8-4-2;;;;/h3-5H2,1-2H3;;;;. The molecule has 0 saturated carbocycles. The second-order valence-corrected chi connectivity index (χ2v) is 1.56. The first-order chi connectivity index (χ1) is 3.81. The number of ether oxygens (including phenoxy) is 1. The average molecular weight is 234 g/mol. The summed E-state index contributed by atoms with van der Waals surface area (Å²) in [6, 6.07) is 0. The Morgan fingerprint density at radius 1 is 1.44 bits per heavy atom. The molecule has 2 nitrogen and oxygen atoms in total. The van der Waals surface area contributed by atoms with Crippen molar-refractivity contribution in [2.45, 2.75) is 26.7 Å². The number of hydrogen-bond donors (Lipinski definition) is 0. The fourth-order valence-electron chi connectivity index (χ4n) is 0.437. The van der Waals surface area contributed by atoms with Crippen LogP contribution >= 0.6 is 0 Å². The van der Waals surface area contributed by atoms with Crippen LogP contribution in [0.25, 0.3) is 0 Å². The van der Waals surface area contributed by atoms with Gasteiger partial charge in [0.15, 0.2) is 0 Å². The van der Waals surface area contributed by atoms with Crippen molar-refractivity contribution in [1.82, 2.24) is 0 Å². The van der Waals surface area contributed by atoms with Crippen molar-refractivity contribution in [3.63, 3.8) is 0 Å². The molecule has 0 bridgehead atoms. The molecule has 3 heteroatoms. The van der Waals surface area contributed by atoms with Gasteiger partial charge in [0.2, 0.25) is 0 Å². The van der Waals surface area contributed by atoms with Crippen molar-refractivity contribution in [2.24, 2.45) is 0 Å². The van der Waals surface area contributed by atoms with Gasteiger partial charge in [0.05, 0.1) is 6.61 Å². The Labute approximate surface area is 74.7 Å². The maximum absolute atomic E-state index is 10.4. The molecule has 0 aliphatic rings. The van der Waals surface area contributed by atoms with Crippen molar-refractivity contribution in [2.75, 3.05) is 6.61 Å². The van der Waals surface area contributed by atoms with E-state index in [9.17, 15) is 4.79 Å². The molecule has 0 aliphatic carbocycles. The van der Waals surface area contributed by atoms with Crippen LogP contribution in [-0.4, -0.2) is 38.4 Å². The third-order valence-electron chi connectivity index (χ3n) is 0.759. The molecule has 0 aliphatic heterocycles.